The third-order valence-corrected chi connectivity index (χ3v) is 4.38. The molecule has 0 spiro atoms. The van der Waals surface area contributed by atoms with Crippen LogP contribution in [-0.4, -0.2) is 19.1 Å². The minimum absolute atomic E-state index is 0.0140. The number of aryl methyl sites for hydroxylation is 1. The van der Waals surface area contributed by atoms with Crippen LogP contribution in [0, 0.1) is 0 Å². The van der Waals surface area contributed by atoms with Gasteiger partial charge in [0, 0.05) is 17.0 Å². The second-order valence-corrected chi connectivity index (χ2v) is 6.22. The summed E-state index contributed by atoms with van der Waals surface area (Å²) in [6, 6.07) is 21.6. The van der Waals surface area contributed by atoms with Crippen LogP contribution in [0.3, 0.4) is 0 Å². The molecule has 3 nitrogen and oxygen atoms in total. The van der Waals surface area contributed by atoms with Crippen molar-refractivity contribution >= 4 is 28.3 Å². The van der Waals surface area contributed by atoms with Crippen molar-refractivity contribution in [2.45, 2.75) is 12.8 Å². The number of nitrogens with one attached hydrogen (secondary N) is 1. The number of fused-ring (bicyclic) bond motifs is 1. The topological polar surface area (TPSA) is 38.3 Å². The molecule has 128 valence electrons. The van der Waals surface area contributed by atoms with Crippen LogP contribution >= 0.6 is 11.6 Å². The maximum atomic E-state index is 12.0. The van der Waals surface area contributed by atoms with Crippen molar-refractivity contribution in [3.8, 4) is 5.75 Å². The maximum Gasteiger partial charge on any atom is 0.257 e. The van der Waals surface area contributed by atoms with Crippen LogP contribution in [-0.2, 0) is 11.2 Å². The van der Waals surface area contributed by atoms with E-state index in [1.165, 1.54) is 0 Å². The molecule has 3 aromatic carbocycles. The van der Waals surface area contributed by atoms with Gasteiger partial charge in [-0.15, -0.1) is 0 Å². The van der Waals surface area contributed by atoms with E-state index in [1.54, 1.807) is 0 Å². The first-order chi connectivity index (χ1) is 12.2. The molecule has 1 amide bonds. The number of hydrogen-bond donors (Lipinski definition) is 1. The fraction of sp³-hybridized carbons (Fsp3) is 0.190. The Hall–Kier alpha value is -2.52. The van der Waals surface area contributed by atoms with Gasteiger partial charge in [-0.05, 0) is 35.9 Å². The quantitative estimate of drug-likeness (QED) is 0.629. The van der Waals surface area contributed by atoms with Gasteiger partial charge in [0.15, 0.2) is 6.61 Å². The van der Waals surface area contributed by atoms with Gasteiger partial charge in [0.25, 0.3) is 5.91 Å². The number of carbonyl (C=O) groups is 1. The molecule has 0 atom stereocenters. The molecule has 0 radical (unpaired) electrons. The molecule has 0 aliphatic carbocycles. The summed E-state index contributed by atoms with van der Waals surface area (Å²) in [5.74, 6) is 0.608. The van der Waals surface area contributed by atoms with E-state index in [1.807, 2.05) is 66.7 Å². The number of ether oxygens (including phenoxy) is 1. The lowest BCUT2D eigenvalue weighted by molar-refractivity contribution is -0.123. The second-order valence-electron chi connectivity index (χ2n) is 5.81. The number of amides is 1. The van der Waals surface area contributed by atoms with Crippen molar-refractivity contribution in [1.82, 2.24) is 5.32 Å². The summed E-state index contributed by atoms with van der Waals surface area (Å²) in [5.41, 5.74) is 1.10. The van der Waals surface area contributed by atoms with E-state index < -0.39 is 0 Å². The largest absolute Gasteiger partial charge is 0.483 e. The molecule has 1 N–H and O–H groups in total. The summed E-state index contributed by atoms with van der Waals surface area (Å²) in [7, 11) is 0. The molecule has 0 saturated heterocycles. The number of hydrogen-bond acceptors (Lipinski definition) is 2. The summed E-state index contributed by atoms with van der Waals surface area (Å²) in [5, 5.41) is 5.76. The van der Waals surface area contributed by atoms with Gasteiger partial charge >= 0.3 is 0 Å². The summed E-state index contributed by atoms with van der Waals surface area (Å²) < 4.78 is 5.68. The molecule has 4 heteroatoms. The number of rotatable bonds is 7. The van der Waals surface area contributed by atoms with Crippen LogP contribution in [0.1, 0.15) is 12.0 Å². The Morgan fingerprint density at radius 2 is 1.72 bits per heavy atom. The summed E-state index contributed by atoms with van der Waals surface area (Å²) in [6.45, 7) is 0.614. The lowest BCUT2D eigenvalue weighted by Crippen LogP contribution is -2.29. The highest BCUT2D eigenvalue weighted by molar-refractivity contribution is 6.31. The van der Waals surface area contributed by atoms with Gasteiger partial charge < -0.3 is 10.1 Å². The third-order valence-electron chi connectivity index (χ3n) is 4.01. The molecule has 0 saturated carbocycles. The molecule has 0 aromatic heterocycles. The van der Waals surface area contributed by atoms with Crippen LogP contribution in [0.5, 0.6) is 5.75 Å². The minimum atomic E-state index is -0.118. The molecule has 0 heterocycles. The van der Waals surface area contributed by atoms with E-state index >= 15 is 0 Å². The van der Waals surface area contributed by atoms with E-state index in [4.69, 9.17) is 16.3 Å². The first-order valence-electron chi connectivity index (χ1n) is 8.35. The molecule has 0 aliphatic rings. The SMILES string of the molecule is O=C(COc1cccc2ccccc12)NCCCc1ccccc1Cl. The van der Waals surface area contributed by atoms with Crippen molar-refractivity contribution in [3.05, 3.63) is 77.3 Å². The van der Waals surface area contributed by atoms with E-state index in [0.717, 1.165) is 39.9 Å². The average molecular weight is 354 g/mol. The van der Waals surface area contributed by atoms with Crippen molar-refractivity contribution in [2.75, 3.05) is 13.2 Å². The predicted molar refractivity (Wildman–Crippen MR) is 102 cm³/mol. The smallest absolute Gasteiger partial charge is 0.257 e. The van der Waals surface area contributed by atoms with Crippen molar-refractivity contribution in [2.24, 2.45) is 0 Å². The van der Waals surface area contributed by atoms with E-state index in [2.05, 4.69) is 5.32 Å². The van der Waals surface area contributed by atoms with Gasteiger partial charge in [-0.25, -0.2) is 0 Å². The van der Waals surface area contributed by atoms with Gasteiger partial charge in [-0.2, -0.15) is 0 Å². The Morgan fingerprint density at radius 1 is 0.960 bits per heavy atom. The lowest BCUT2D eigenvalue weighted by atomic mass is 10.1. The Morgan fingerprint density at radius 3 is 2.60 bits per heavy atom. The predicted octanol–water partition coefficient (Wildman–Crippen LogP) is 4.62. The Labute approximate surface area is 152 Å². The number of benzene rings is 3. The highest BCUT2D eigenvalue weighted by Crippen LogP contribution is 2.24. The van der Waals surface area contributed by atoms with E-state index in [0.29, 0.717) is 6.54 Å². The highest BCUT2D eigenvalue weighted by Gasteiger charge is 2.06. The van der Waals surface area contributed by atoms with Crippen LogP contribution in [0.2, 0.25) is 5.02 Å². The summed E-state index contributed by atoms with van der Waals surface area (Å²) in [6.07, 6.45) is 1.67. The second kappa shape index (κ2) is 8.54. The highest BCUT2D eigenvalue weighted by atomic mass is 35.5. The van der Waals surface area contributed by atoms with Gasteiger partial charge in [0.1, 0.15) is 5.75 Å². The van der Waals surface area contributed by atoms with Crippen molar-refractivity contribution in [3.63, 3.8) is 0 Å². The Balaban J connectivity index is 1.44. The zero-order valence-electron chi connectivity index (χ0n) is 13.9. The summed E-state index contributed by atoms with van der Waals surface area (Å²) >= 11 is 6.12. The lowest BCUT2D eigenvalue weighted by Gasteiger charge is -2.10. The average Bonchev–Trinajstić information content (AvgIpc) is 2.65. The standard InChI is InChI=1S/C21H20ClNO2/c22-19-12-4-2-8-17(19)10-6-14-23-21(24)15-25-20-13-5-9-16-7-1-3-11-18(16)20/h1-5,7-9,11-13H,6,10,14-15H2,(H,23,24). The van der Waals surface area contributed by atoms with Gasteiger partial charge in [-0.3, -0.25) is 4.79 Å². The minimum Gasteiger partial charge on any atom is -0.483 e. The fourth-order valence-corrected chi connectivity index (χ4v) is 2.95. The molecule has 0 fully saturated rings. The van der Waals surface area contributed by atoms with Crippen molar-refractivity contribution in [1.29, 1.82) is 0 Å². The molecular weight excluding hydrogens is 334 g/mol. The molecule has 0 bridgehead atoms. The van der Waals surface area contributed by atoms with Gasteiger partial charge in [0.2, 0.25) is 0 Å². The molecule has 0 aliphatic heterocycles. The van der Waals surface area contributed by atoms with E-state index in [-0.39, 0.29) is 12.5 Å². The van der Waals surface area contributed by atoms with Gasteiger partial charge in [-0.1, -0.05) is 66.2 Å². The first-order valence-corrected chi connectivity index (χ1v) is 8.72. The summed E-state index contributed by atoms with van der Waals surface area (Å²) in [4.78, 5) is 12.0. The first kappa shape index (κ1) is 17.3. The van der Waals surface area contributed by atoms with E-state index in [9.17, 15) is 4.79 Å². The zero-order chi connectivity index (χ0) is 17.5. The maximum absolute atomic E-state index is 12.0. The zero-order valence-corrected chi connectivity index (χ0v) is 14.6. The van der Waals surface area contributed by atoms with Crippen LogP contribution in [0.4, 0.5) is 0 Å². The van der Waals surface area contributed by atoms with Gasteiger partial charge in [0.05, 0.1) is 0 Å². The fourth-order valence-electron chi connectivity index (χ4n) is 2.72. The Kier molecular flexibility index (Phi) is 5.91. The monoisotopic (exact) mass is 353 g/mol. The Bertz CT molecular complexity index is 858. The molecular formula is C21H20ClNO2. The molecule has 3 aromatic rings. The van der Waals surface area contributed by atoms with Crippen LogP contribution < -0.4 is 10.1 Å². The normalized spacial score (nSPS) is 10.6. The van der Waals surface area contributed by atoms with Crippen LogP contribution in [0.15, 0.2) is 66.7 Å². The third kappa shape index (κ3) is 4.74. The van der Waals surface area contributed by atoms with Crippen LogP contribution in [0.25, 0.3) is 10.8 Å². The molecule has 25 heavy (non-hydrogen) atoms. The van der Waals surface area contributed by atoms with Crippen molar-refractivity contribution < 1.29 is 9.53 Å². The molecule has 3 rings (SSSR count). The number of halogens is 1. The number of carbonyl (C=O) groups excluding carboxylic acids is 1. The molecule has 0 unspecified atom stereocenters.